The number of halogens is 2. The van der Waals surface area contributed by atoms with Crippen LogP contribution in [0.4, 0.5) is 15.8 Å². The van der Waals surface area contributed by atoms with Gasteiger partial charge < -0.3 is 15.5 Å². The van der Waals surface area contributed by atoms with Crippen LogP contribution >= 0.6 is 11.6 Å². The predicted octanol–water partition coefficient (Wildman–Crippen LogP) is 4.43. The fourth-order valence-electron chi connectivity index (χ4n) is 3.16. The summed E-state index contributed by atoms with van der Waals surface area (Å²) in [5, 5.41) is 5.99. The molecule has 28 heavy (non-hydrogen) atoms. The Kier molecular flexibility index (Phi) is 6.52. The number of hydrogen-bond donors (Lipinski definition) is 2. The third kappa shape index (κ3) is 5.23. The van der Waals surface area contributed by atoms with E-state index in [-0.39, 0.29) is 16.8 Å². The van der Waals surface area contributed by atoms with Gasteiger partial charge in [-0.05, 0) is 55.7 Å². The van der Waals surface area contributed by atoms with Crippen LogP contribution in [0.1, 0.15) is 31.7 Å². The summed E-state index contributed by atoms with van der Waals surface area (Å²) in [6, 6.07) is 11.0. The van der Waals surface area contributed by atoms with Crippen LogP contribution in [0.5, 0.6) is 0 Å². The van der Waals surface area contributed by atoms with Gasteiger partial charge in [-0.2, -0.15) is 0 Å². The fourth-order valence-corrected chi connectivity index (χ4v) is 3.37. The van der Waals surface area contributed by atoms with E-state index >= 15 is 0 Å². The van der Waals surface area contributed by atoms with E-state index in [2.05, 4.69) is 10.6 Å². The monoisotopic (exact) mass is 403 g/mol. The maximum atomic E-state index is 13.1. The fraction of sp³-hybridized carbons (Fsp3) is 0.333. The number of rotatable bonds is 6. The highest BCUT2D eigenvalue weighted by Gasteiger charge is 2.18. The van der Waals surface area contributed by atoms with Crippen molar-refractivity contribution in [3.63, 3.8) is 0 Å². The minimum Gasteiger partial charge on any atom is -0.374 e. The average Bonchev–Trinajstić information content (AvgIpc) is 2.66. The van der Waals surface area contributed by atoms with E-state index in [0.717, 1.165) is 36.7 Å². The Labute approximate surface area is 168 Å². The molecule has 7 heteroatoms. The molecule has 0 aromatic heterocycles. The first-order chi connectivity index (χ1) is 13.4. The van der Waals surface area contributed by atoms with E-state index in [1.807, 2.05) is 29.2 Å². The standard InChI is InChI=1S/C21H23ClFN3O2/c1-14(21(28)25-19-9-8-16(23)12-18(19)22)24-17-6-4-5-15(11-17)13-26-10-3-2-7-20(26)27/h4-6,8-9,11-12,14,24H,2-3,7,10,13H2,1H3,(H,25,28). The Bertz CT molecular complexity index is 874. The highest BCUT2D eigenvalue weighted by Crippen LogP contribution is 2.23. The molecular weight excluding hydrogens is 381 g/mol. The molecule has 2 aromatic rings. The van der Waals surface area contributed by atoms with Gasteiger partial charge in [0.05, 0.1) is 10.7 Å². The van der Waals surface area contributed by atoms with Crippen molar-refractivity contribution < 1.29 is 14.0 Å². The molecule has 2 N–H and O–H groups in total. The second-order valence-electron chi connectivity index (χ2n) is 6.95. The van der Waals surface area contributed by atoms with Gasteiger partial charge in [0.2, 0.25) is 11.8 Å². The van der Waals surface area contributed by atoms with Crippen LogP contribution in [0.2, 0.25) is 5.02 Å². The summed E-state index contributed by atoms with van der Waals surface area (Å²) in [5.74, 6) is -0.558. The van der Waals surface area contributed by atoms with E-state index in [1.165, 1.54) is 12.1 Å². The minimum absolute atomic E-state index is 0.147. The lowest BCUT2D eigenvalue weighted by Crippen LogP contribution is -2.34. The summed E-state index contributed by atoms with van der Waals surface area (Å²) < 4.78 is 13.1. The molecule has 1 unspecified atom stereocenters. The molecule has 1 aliphatic rings. The van der Waals surface area contributed by atoms with Gasteiger partial charge in [0.1, 0.15) is 11.9 Å². The highest BCUT2D eigenvalue weighted by atomic mass is 35.5. The third-order valence-corrected chi connectivity index (χ3v) is 5.00. The minimum atomic E-state index is -0.534. The lowest BCUT2D eigenvalue weighted by Gasteiger charge is -2.27. The predicted molar refractivity (Wildman–Crippen MR) is 109 cm³/mol. The molecule has 0 spiro atoms. The molecule has 1 atom stereocenters. The van der Waals surface area contributed by atoms with Crippen molar-refractivity contribution in [2.24, 2.45) is 0 Å². The molecule has 5 nitrogen and oxygen atoms in total. The topological polar surface area (TPSA) is 61.4 Å². The number of carbonyl (C=O) groups excluding carboxylic acids is 2. The van der Waals surface area contributed by atoms with Gasteiger partial charge in [-0.3, -0.25) is 9.59 Å². The summed E-state index contributed by atoms with van der Waals surface area (Å²) >= 11 is 5.96. The molecule has 1 aliphatic heterocycles. The molecule has 0 radical (unpaired) electrons. The molecule has 2 aromatic carbocycles. The maximum absolute atomic E-state index is 13.1. The van der Waals surface area contributed by atoms with Gasteiger partial charge in [-0.15, -0.1) is 0 Å². The van der Waals surface area contributed by atoms with Crippen LogP contribution in [-0.2, 0) is 16.1 Å². The van der Waals surface area contributed by atoms with Crippen molar-refractivity contribution in [1.82, 2.24) is 4.90 Å². The average molecular weight is 404 g/mol. The van der Waals surface area contributed by atoms with E-state index in [9.17, 15) is 14.0 Å². The molecule has 148 valence electrons. The van der Waals surface area contributed by atoms with E-state index in [1.54, 1.807) is 6.92 Å². The lowest BCUT2D eigenvalue weighted by atomic mass is 10.1. The molecule has 1 fully saturated rings. The second kappa shape index (κ2) is 9.06. The molecule has 1 saturated heterocycles. The first-order valence-electron chi connectivity index (χ1n) is 9.31. The molecule has 0 bridgehead atoms. The zero-order valence-corrected chi connectivity index (χ0v) is 16.4. The number of likely N-dealkylation sites (tertiary alicyclic amines) is 1. The SMILES string of the molecule is CC(Nc1cccc(CN2CCCCC2=O)c1)C(=O)Nc1ccc(F)cc1Cl. The first kappa shape index (κ1) is 20.1. The Morgan fingerprint density at radius 3 is 2.82 bits per heavy atom. The molecular formula is C21H23ClFN3O2. The highest BCUT2D eigenvalue weighted by molar-refractivity contribution is 6.33. The Morgan fingerprint density at radius 1 is 1.25 bits per heavy atom. The van der Waals surface area contributed by atoms with Crippen molar-refractivity contribution in [2.75, 3.05) is 17.2 Å². The summed E-state index contributed by atoms with van der Waals surface area (Å²) in [7, 11) is 0. The van der Waals surface area contributed by atoms with Gasteiger partial charge in [-0.1, -0.05) is 23.7 Å². The maximum Gasteiger partial charge on any atom is 0.246 e. The number of amides is 2. The second-order valence-corrected chi connectivity index (χ2v) is 7.36. The number of anilines is 2. The normalized spacial score (nSPS) is 15.2. The van der Waals surface area contributed by atoms with E-state index < -0.39 is 11.9 Å². The van der Waals surface area contributed by atoms with Gasteiger partial charge >= 0.3 is 0 Å². The Hall–Kier alpha value is -2.60. The Balaban J connectivity index is 1.61. The van der Waals surface area contributed by atoms with Crippen molar-refractivity contribution in [3.8, 4) is 0 Å². The van der Waals surface area contributed by atoms with Crippen LogP contribution in [0.15, 0.2) is 42.5 Å². The molecule has 3 rings (SSSR count). The molecule has 2 amide bonds. The number of hydrogen-bond acceptors (Lipinski definition) is 3. The lowest BCUT2D eigenvalue weighted by molar-refractivity contribution is -0.133. The van der Waals surface area contributed by atoms with Crippen LogP contribution in [0.3, 0.4) is 0 Å². The van der Waals surface area contributed by atoms with Crippen molar-refractivity contribution >= 4 is 34.8 Å². The van der Waals surface area contributed by atoms with Gasteiger partial charge in [-0.25, -0.2) is 4.39 Å². The largest absolute Gasteiger partial charge is 0.374 e. The number of benzene rings is 2. The van der Waals surface area contributed by atoms with E-state index in [4.69, 9.17) is 11.6 Å². The van der Waals surface area contributed by atoms with Crippen LogP contribution in [0, 0.1) is 5.82 Å². The van der Waals surface area contributed by atoms with Crippen molar-refractivity contribution in [3.05, 3.63) is 58.9 Å². The molecule has 0 saturated carbocycles. The van der Waals surface area contributed by atoms with Crippen molar-refractivity contribution in [2.45, 2.75) is 38.8 Å². The van der Waals surface area contributed by atoms with Gasteiger partial charge in [0.25, 0.3) is 0 Å². The molecule has 1 heterocycles. The van der Waals surface area contributed by atoms with Crippen molar-refractivity contribution in [1.29, 1.82) is 0 Å². The number of nitrogens with zero attached hydrogens (tertiary/aromatic N) is 1. The summed E-state index contributed by atoms with van der Waals surface area (Å²) in [6.07, 6.45) is 2.61. The zero-order valence-electron chi connectivity index (χ0n) is 15.7. The smallest absolute Gasteiger partial charge is 0.246 e. The van der Waals surface area contributed by atoms with Gasteiger partial charge in [0, 0.05) is 25.2 Å². The number of piperidine rings is 1. The van der Waals surface area contributed by atoms with Crippen LogP contribution < -0.4 is 10.6 Å². The van der Waals surface area contributed by atoms with Gasteiger partial charge in [0.15, 0.2) is 0 Å². The Morgan fingerprint density at radius 2 is 2.07 bits per heavy atom. The van der Waals surface area contributed by atoms with E-state index in [0.29, 0.717) is 18.7 Å². The van der Waals surface area contributed by atoms with Crippen LogP contribution in [0.25, 0.3) is 0 Å². The summed E-state index contributed by atoms with van der Waals surface area (Å²) in [4.78, 5) is 26.3. The summed E-state index contributed by atoms with van der Waals surface area (Å²) in [5.41, 5.74) is 2.16. The first-order valence-corrected chi connectivity index (χ1v) is 9.69. The quantitative estimate of drug-likeness (QED) is 0.750. The number of nitrogens with one attached hydrogen (secondary N) is 2. The molecule has 0 aliphatic carbocycles. The third-order valence-electron chi connectivity index (χ3n) is 4.69. The summed E-state index contributed by atoms with van der Waals surface area (Å²) in [6.45, 7) is 3.08. The van der Waals surface area contributed by atoms with Crippen LogP contribution in [-0.4, -0.2) is 29.3 Å². The number of carbonyl (C=O) groups is 2. The zero-order chi connectivity index (χ0) is 20.1.